The first kappa shape index (κ1) is 23.7. The number of anilines is 1. The minimum absolute atomic E-state index is 0.204. The topological polar surface area (TPSA) is 92.3 Å². The molecule has 2 aromatic carbocycles. The first-order valence-electron chi connectivity index (χ1n) is 9.48. The highest BCUT2D eigenvalue weighted by Crippen LogP contribution is 2.62. The second-order valence-corrected chi connectivity index (χ2v) is 8.21. The van der Waals surface area contributed by atoms with Crippen molar-refractivity contribution in [1.29, 1.82) is 0 Å². The van der Waals surface area contributed by atoms with Gasteiger partial charge >= 0.3 is 13.6 Å². The van der Waals surface area contributed by atoms with Gasteiger partial charge in [-0.25, -0.2) is 4.79 Å². The Bertz CT molecular complexity index is 875. The van der Waals surface area contributed by atoms with E-state index in [0.717, 1.165) is 0 Å². The summed E-state index contributed by atoms with van der Waals surface area (Å²) >= 11 is 0. The van der Waals surface area contributed by atoms with Gasteiger partial charge in [-0.05, 0) is 50.2 Å². The van der Waals surface area contributed by atoms with Crippen molar-refractivity contribution < 1.29 is 32.6 Å². The van der Waals surface area contributed by atoms with Crippen LogP contribution in [0.25, 0.3) is 0 Å². The van der Waals surface area contributed by atoms with Crippen LogP contribution in [0.15, 0.2) is 42.5 Å². The molecule has 0 aliphatic rings. The lowest BCUT2D eigenvalue weighted by molar-refractivity contribution is 0.0600. The SMILES string of the molecule is CCOP(=O)(OCC)[C@@H](Nc1ccc(C(=O)OC)cc1)c1ccc(OC)cc1OC. The van der Waals surface area contributed by atoms with E-state index >= 15 is 0 Å². The fourth-order valence-corrected chi connectivity index (χ4v) is 4.85. The molecule has 1 atom stereocenters. The van der Waals surface area contributed by atoms with Gasteiger partial charge < -0.3 is 28.6 Å². The van der Waals surface area contributed by atoms with Crippen molar-refractivity contribution >= 4 is 19.3 Å². The van der Waals surface area contributed by atoms with Gasteiger partial charge in [0.1, 0.15) is 11.5 Å². The fraction of sp³-hybridized carbons (Fsp3) is 0.381. The van der Waals surface area contributed by atoms with Crippen LogP contribution in [0.2, 0.25) is 0 Å². The first-order valence-corrected chi connectivity index (χ1v) is 11.1. The van der Waals surface area contributed by atoms with E-state index in [1.165, 1.54) is 14.2 Å². The number of esters is 1. The maximum absolute atomic E-state index is 13.7. The molecule has 0 aromatic heterocycles. The van der Waals surface area contributed by atoms with E-state index in [4.69, 9.17) is 23.3 Å². The van der Waals surface area contributed by atoms with Crippen LogP contribution in [0.1, 0.15) is 35.6 Å². The van der Waals surface area contributed by atoms with Gasteiger partial charge in [0.25, 0.3) is 0 Å². The normalized spacial score (nSPS) is 12.2. The van der Waals surface area contributed by atoms with Crippen molar-refractivity contribution in [2.75, 3.05) is 39.9 Å². The van der Waals surface area contributed by atoms with Gasteiger partial charge in [-0.2, -0.15) is 0 Å². The van der Waals surface area contributed by atoms with E-state index in [-0.39, 0.29) is 13.2 Å². The first-order chi connectivity index (χ1) is 14.4. The summed E-state index contributed by atoms with van der Waals surface area (Å²) in [6.45, 7) is 3.91. The number of hydrogen-bond donors (Lipinski definition) is 1. The monoisotopic (exact) mass is 437 g/mol. The summed E-state index contributed by atoms with van der Waals surface area (Å²) < 4.78 is 40.4. The third-order valence-corrected chi connectivity index (χ3v) is 6.55. The highest BCUT2D eigenvalue weighted by atomic mass is 31.2. The molecule has 0 spiro atoms. The van der Waals surface area contributed by atoms with Gasteiger partial charge in [-0.15, -0.1) is 0 Å². The van der Waals surface area contributed by atoms with E-state index in [0.29, 0.717) is 28.3 Å². The summed E-state index contributed by atoms with van der Waals surface area (Å²) in [4.78, 5) is 11.7. The number of rotatable bonds is 11. The number of methoxy groups -OCH3 is 3. The third kappa shape index (κ3) is 5.53. The van der Waals surface area contributed by atoms with Gasteiger partial charge in [0.15, 0.2) is 5.78 Å². The number of carbonyl (C=O) groups is 1. The second-order valence-electron chi connectivity index (χ2n) is 6.10. The molecular formula is C21H28NO7P. The summed E-state index contributed by atoms with van der Waals surface area (Å²) in [5.74, 6) is -0.233. The standard InChI is InChI=1S/C21H28NO7P/c1-6-28-30(24,29-7-2)20(18-13-12-17(25-3)14-19(18)26-4)22-16-10-8-15(9-11-16)21(23)27-5/h8-14,20,22H,6-7H2,1-5H3/t20-/m1/s1. The van der Waals surface area contributed by atoms with Crippen molar-refractivity contribution in [3.8, 4) is 11.5 Å². The fourth-order valence-electron chi connectivity index (χ4n) is 2.90. The largest absolute Gasteiger partial charge is 0.497 e. The van der Waals surface area contributed by atoms with Crippen LogP contribution < -0.4 is 14.8 Å². The van der Waals surface area contributed by atoms with E-state index in [9.17, 15) is 9.36 Å². The Morgan fingerprint density at radius 3 is 2.10 bits per heavy atom. The molecular weight excluding hydrogens is 409 g/mol. The van der Waals surface area contributed by atoms with Crippen LogP contribution in [0, 0.1) is 0 Å². The zero-order chi connectivity index (χ0) is 22.1. The molecule has 164 valence electrons. The second kappa shape index (κ2) is 11.0. The molecule has 9 heteroatoms. The molecule has 0 radical (unpaired) electrons. The van der Waals surface area contributed by atoms with Gasteiger partial charge in [-0.1, -0.05) is 0 Å². The molecule has 0 amide bonds. The average molecular weight is 437 g/mol. The molecule has 0 saturated carbocycles. The predicted molar refractivity (Wildman–Crippen MR) is 115 cm³/mol. The Morgan fingerprint density at radius 2 is 1.60 bits per heavy atom. The van der Waals surface area contributed by atoms with Crippen LogP contribution in [0.3, 0.4) is 0 Å². The van der Waals surface area contributed by atoms with Crippen LogP contribution in [-0.2, 0) is 18.3 Å². The molecule has 2 rings (SSSR count). The molecule has 0 heterocycles. The Balaban J connectivity index is 2.51. The lowest BCUT2D eigenvalue weighted by Crippen LogP contribution is -2.16. The summed E-state index contributed by atoms with van der Waals surface area (Å²) in [6.07, 6.45) is 0. The van der Waals surface area contributed by atoms with E-state index in [1.54, 1.807) is 63.4 Å². The Morgan fingerprint density at radius 1 is 0.967 bits per heavy atom. The quantitative estimate of drug-likeness (QED) is 0.393. The van der Waals surface area contributed by atoms with Crippen LogP contribution in [-0.4, -0.2) is 40.5 Å². The zero-order valence-electron chi connectivity index (χ0n) is 17.8. The molecule has 0 fully saturated rings. The predicted octanol–water partition coefficient (Wildman–Crippen LogP) is 4.87. The van der Waals surface area contributed by atoms with E-state index < -0.39 is 19.3 Å². The Kier molecular flexibility index (Phi) is 8.72. The third-order valence-electron chi connectivity index (χ3n) is 4.28. The van der Waals surface area contributed by atoms with Crippen molar-refractivity contribution in [1.82, 2.24) is 0 Å². The van der Waals surface area contributed by atoms with Crippen molar-refractivity contribution in [2.24, 2.45) is 0 Å². The lowest BCUT2D eigenvalue weighted by atomic mass is 10.1. The van der Waals surface area contributed by atoms with E-state index in [2.05, 4.69) is 5.32 Å². The van der Waals surface area contributed by atoms with Gasteiger partial charge in [0.05, 0.1) is 40.1 Å². The molecule has 0 saturated heterocycles. The average Bonchev–Trinajstić information content (AvgIpc) is 2.77. The summed E-state index contributed by atoms with van der Waals surface area (Å²) in [5.41, 5.74) is 1.60. The number of ether oxygens (including phenoxy) is 3. The van der Waals surface area contributed by atoms with Crippen molar-refractivity contribution in [2.45, 2.75) is 19.6 Å². The lowest BCUT2D eigenvalue weighted by Gasteiger charge is -2.29. The molecule has 0 aliphatic carbocycles. The Hall–Kier alpha value is -2.54. The molecule has 1 N–H and O–H groups in total. The summed E-state index contributed by atoms with van der Waals surface area (Å²) in [7, 11) is 0.754. The maximum Gasteiger partial charge on any atom is 0.357 e. The minimum Gasteiger partial charge on any atom is -0.497 e. The summed E-state index contributed by atoms with van der Waals surface area (Å²) in [6, 6.07) is 11.8. The Labute approximate surface area is 177 Å². The van der Waals surface area contributed by atoms with Crippen molar-refractivity contribution in [3.05, 3.63) is 53.6 Å². The van der Waals surface area contributed by atoms with Crippen molar-refractivity contribution in [3.63, 3.8) is 0 Å². The minimum atomic E-state index is -3.64. The van der Waals surface area contributed by atoms with Crippen LogP contribution in [0.5, 0.6) is 11.5 Å². The van der Waals surface area contributed by atoms with Gasteiger partial charge in [-0.3, -0.25) is 4.57 Å². The van der Waals surface area contributed by atoms with Crippen LogP contribution in [0.4, 0.5) is 5.69 Å². The molecule has 2 aromatic rings. The maximum atomic E-state index is 13.7. The number of hydrogen-bond acceptors (Lipinski definition) is 8. The molecule has 30 heavy (non-hydrogen) atoms. The molecule has 0 aliphatic heterocycles. The molecule has 0 unspecified atom stereocenters. The molecule has 8 nitrogen and oxygen atoms in total. The highest BCUT2D eigenvalue weighted by molar-refractivity contribution is 7.54. The smallest absolute Gasteiger partial charge is 0.357 e. The van der Waals surface area contributed by atoms with E-state index in [1.807, 2.05) is 0 Å². The highest BCUT2D eigenvalue weighted by Gasteiger charge is 2.39. The number of carbonyl (C=O) groups excluding carboxylic acids is 1. The number of nitrogens with one attached hydrogen (secondary N) is 1. The van der Waals surface area contributed by atoms with Gasteiger partial charge in [0, 0.05) is 17.3 Å². The number of benzene rings is 2. The molecule has 0 bridgehead atoms. The van der Waals surface area contributed by atoms with Gasteiger partial charge in [0.2, 0.25) is 0 Å². The summed E-state index contributed by atoms with van der Waals surface area (Å²) in [5, 5.41) is 3.22. The van der Waals surface area contributed by atoms with Crippen LogP contribution >= 0.6 is 7.60 Å². The zero-order valence-corrected chi connectivity index (χ0v) is 18.7.